The first-order valence-electron chi connectivity index (χ1n) is 6.30. The van der Waals surface area contributed by atoms with Gasteiger partial charge in [-0.1, -0.05) is 28.1 Å². The Morgan fingerprint density at radius 2 is 1.75 bits per heavy atom. The molecule has 0 spiro atoms. The topological polar surface area (TPSA) is 44.5 Å². The minimum absolute atomic E-state index is 0.282. The van der Waals surface area contributed by atoms with Crippen LogP contribution in [0.3, 0.4) is 0 Å². The third-order valence-electron chi connectivity index (χ3n) is 3.26. The van der Waals surface area contributed by atoms with Gasteiger partial charge in [0, 0.05) is 10.0 Å². The van der Waals surface area contributed by atoms with Crippen molar-refractivity contribution >= 4 is 15.9 Å². The van der Waals surface area contributed by atoms with Gasteiger partial charge in [-0.3, -0.25) is 0 Å². The van der Waals surface area contributed by atoms with Crippen LogP contribution >= 0.6 is 15.9 Å². The van der Waals surface area contributed by atoms with Crippen LogP contribution in [0, 0.1) is 6.92 Å². The van der Waals surface area contributed by atoms with Crippen molar-refractivity contribution in [2.75, 3.05) is 14.2 Å². The minimum Gasteiger partial charge on any atom is -0.497 e. The molecule has 1 unspecified atom stereocenters. The van der Waals surface area contributed by atoms with Crippen molar-refractivity contribution in [1.29, 1.82) is 0 Å². The van der Waals surface area contributed by atoms with Gasteiger partial charge >= 0.3 is 0 Å². The number of hydrogen-bond acceptors (Lipinski definition) is 3. The molecule has 0 fully saturated rings. The molecule has 0 aliphatic heterocycles. The summed E-state index contributed by atoms with van der Waals surface area (Å²) in [6.07, 6.45) is 0. The van der Waals surface area contributed by atoms with Crippen molar-refractivity contribution in [3.63, 3.8) is 0 Å². The molecule has 106 valence electrons. The highest BCUT2D eigenvalue weighted by Crippen LogP contribution is 2.34. The maximum atomic E-state index is 6.40. The van der Waals surface area contributed by atoms with E-state index in [-0.39, 0.29) is 6.04 Å². The largest absolute Gasteiger partial charge is 0.497 e. The first kappa shape index (κ1) is 14.9. The molecule has 4 heteroatoms. The number of rotatable bonds is 4. The third-order valence-corrected chi connectivity index (χ3v) is 3.95. The summed E-state index contributed by atoms with van der Waals surface area (Å²) in [6, 6.07) is 11.5. The lowest BCUT2D eigenvalue weighted by Gasteiger charge is -2.18. The summed E-state index contributed by atoms with van der Waals surface area (Å²) in [4.78, 5) is 0. The standard InChI is InChI=1S/C16H18BrNO2/c1-10-4-6-12(14(17)8-10)16(18)13-9-11(19-2)5-7-15(13)20-3/h4-9,16H,18H2,1-3H3. The van der Waals surface area contributed by atoms with Crippen LogP contribution in [0.2, 0.25) is 0 Å². The zero-order valence-corrected chi connectivity index (χ0v) is 13.4. The number of hydrogen-bond donors (Lipinski definition) is 1. The first-order valence-corrected chi connectivity index (χ1v) is 7.09. The van der Waals surface area contributed by atoms with Gasteiger partial charge < -0.3 is 15.2 Å². The molecule has 0 bridgehead atoms. The lowest BCUT2D eigenvalue weighted by Crippen LogP contribution is -2.14. The highest BCUT2D eigenvalue weighted by Gasteiger charge is 2.17. The van der Waals surface area contributed by atoms with Gasteiger partial charge in [0.1, 0.15) is 11.5 Å². The van der Waals surface area contributed by atoms with Crippen LogP contribution < -0.4 is 15.2 Å². The average molecular weight is 336 g/mol. The Labute approximate surface area is 127 Å². The molecule has 0 heterocycles. The van der Waals surface area contributed by atoms with Crippen LogP contribution in [0.4, 0.5) is 0 Å². The van der Waals surface area contributed by atoms with Crippen LogP contribution in [-0.2, 0) is 0 Å². The Bertz CT molecular complexity index is 613. The zero-order valence-electron chi connectivity index (χ0n) is 11.8. The maximum Gasteiger partial charge on any atom is 0.124 e. The summed E-state index contributed by atoms with van der Waals surface area (Å²) in [5.74, 6) is 1.52. The Kier molecular flexibility index (Phi) is 4.68. The molecule has 3 nitrogen and oxygen atoms in total. The van der Waals surface area contributed by atoms with Gasteiger partial charge in [0.15, 0.2) is 0 Å². The van der Waals surface area contributed by atoms with Crippen molar-refractivity contribution < 1.29 is 9.47 Å². The van der Waals surface area contributed by atoms with Gasteiger partial charge in [-0.2, -0.15) is 0 Å². The van der Waals surface area contributed by atoms with E-state index in [1.807, 2.05) is 37.3 Å². The van der Waals surface area contributed by atoms with Gasteiger partial charge in [0.25, 0.3) is 0 Å². The van der Waals surface area contributed by atoms with Crippen molar-refractivity contribution in [1.82, 2.24) is 0 Å². The second-order valence-electron chi connectivity index (χ2n) is 4.61. The van der Waals surface area contributed by atoms with E-state index < -0.39 is 0 Å². The molecule has 0 aliphatic rings. The van der Waals surface area contributed by atoms with E-state index in [1.54, 1.807) is 14.2 Å². The number of ether oxygens (including phenoxy) is 2. The molecule has 2 aromatic rings. The van der Waals surface area contributed by atoms with Crippen LogP contribution in [0.1, 0.15) is 22.7 Å². The zero-order chi connectivity index (χ0) is 14.7. The maximum absolute atomic E-state index is 6.40. The molecule has 0 aromatic heterocycles. The van der Waals surface area contributed by atoms with E-state index >= 15 is 0 Å². The molecule has 0 amide bonds. The average Bonchev–Trinajstić information content (AvgIpc) is 2.46. The van der Waals surface area contributed by atoms with Crippen LogP contribution in [0.15, 0.2) is 40.9 Å². The van der Waals surface area contributed by atoms with Gasteiger partial charge in [-0.15, -0.1) is 0 Å². The van der Waals surface area contributed by atoms with Crippen LogP contribution in [0.25, 0.3) is 0 Å². The number of benzene rings is 2. The van der Waals surface area contributed by atoms with Gasteiger partial charge in [-0.25, -0.2) is 0 Å². The highest BCUT2D eigenvalue weighted by molar-refractivity contribution is 9.10. The summed E-state index contributed by atoms with van der Waals surface area (Å²) >= 11 is 3.58. The molecular weight excluding hydrogens is 318 g/mol. The molecule has 20 heavy (non-hydrogen) atoms. The Morgan fingerprint density at radius 1 is 1.00 bits per heavy atom. The quantitative estimate of drug-likeness (QED) is 0.923. The number of halogens is 1. The van der Waals surface area contributed by atoms with E-state index in [0.717, 1.165) is 27.1 Å². The molecule has 2 N–H and O–H groups in total. The van der Waals surface area contributed by atoms with Crippen LogP contribution in [-0.4, -0.2) is 14.2 Å². The van der Waals surface area contributed by atoms with Gasteiger partial charge in [0.2, 0.25) is 0 Å². The fourth-order valence-corrected chi connectivity index (χ4v) is 2.87. The summed E-state index contributed by atoms with van der Waals surface area (Å²) in [5.41, 5.74) is 9.50. The summed E-state index contributed by atoms with van der Waals surface area (Å²) in [7, 11) is 3.28. The third kappa shape index (κ3) is 2.97. The summed E-state index contributed by atoms with van der Waals surface area (Å²) in [6.45, 7) is 2.05. The van der Waals surface area contributed by atoms with Crippen molar-refractivity contribution in [2.45, 2.75) is 13.0 Å². The van der Waals surface area contributed by atoms with Crippen molar-refractivity contribution in [2.24, 2.45) is 5.73 Å². The van der Waals surface area contributed by atoms with E-state index in [1.165, 1.54) is 5.56 Å². The molecule has 1 atom stereocenters. The van der Waals surface area contributed by atoms with Crippen molar-refractivity contribution in [3.8, 4) is 11.5 Å². The minimum atomic E-state index is -0.282. The summed E-state index contributed by atoms with van der Waals surface area (Å²) < 4.78 is 11.7. The monoisotopic (exact) mass is 335 g/mol. The lowest BCUT2D eigenvalue weighted by atomic mass is 9.97. The number of methoxy groups -OCH3 is 2. The lowest BCUT2D eigenvalue weighted by molar-refractivity contribution is 0.397. The molecule has 0 saturated carbocycles. The molecule has 0 saturated heterocycles. The second-order valence-corrected chi connectivity index (χ2v) is 5.46. The van der Waals surface area contributed by atoms with Crippen LogP contribution in [0.5, 0.6) is 11.5 Å². The van der Waals surface area contributed by atoms with Crippen molar-refractivity contribution in [3.05, 3.63) is 57.6 Å². The Morgan fingerprint density at radius 3 is 2.35 bits per heavy atom. The van der Waals surface area contributed by atoms with E-state index in [0.29, 0.717) is 0 Å². The van der Waals surface area contributed by atoms with E-state index in [9.17, 15) is 0 Å². The normalized spacial score (nSPS) is 12.1. The SMILES string of the molecule is COc1ccc(OC)c(C(N)c2ccc(C)cc2Br)c1. The molecule has 0 radical (unpaired) electrons. The molecular formula is C16H18BrNO2. The Hall–Kier alpha value is -1.52. The smallest absolute Gasteiger partial charge is 0.124 e. The first-order chi connectivity index (χ1) is 9.56. The Balaban J connectivity index is 2.48. The predicted octanol–water partition coefficient (Wildman–Crippen LogP) is 3.82. The highest BCUT2D eigenvalue weighted by atomic mass is 79.9. The number of aryl methyl sites for hydroxylation is 1. The van der Waals surface area contributed by atoms with E-state index in [4.69, 9.17) is 15.2 Å². The second kappa shape index (κ2) is 6.29. The fraction of sp³-hybridized carbons (Fsp3) is 0.250. The van der Waals surface area contributed by atoms with E-state index in [2.05, 4.69) is 22.0 Å². The molecule has 2 aromatic carbocycles. The fourth-order valence-electron chi connectivity index (χ4n) is 2.13. The summed E-state index contributed by atoms with van der Waals surface area (Å²) in [5, 5.41) is 0. The van der Waals surface area contributed by atoms with Gasteiger partial charge in [-0.05, 0) is 42.3 Å². The number of nitrogens with two attached hydrogens (primary N) is 1. The predicted molar refractivity (Wildman–Crippen MR) is 84.5 cm³/mol. The van der Waals surface area contributed by atoms with Gasteiger partial charge in [0.05, 0.1) is 20.3 Å². The molecule has 2 rings (SSSR count). The molecule has 0 aliphatic carbocycles.